The smallest absolute Gasteiger partial charge is 0.164 e. The molecule has 0 radical (unpaired) electrons. The maximum absolute atomic E-state index is 5.35. The molecule has 0 saturated carbocycles. The molecule has 14 rings (SSSR count). The van der Waals surface area contributed by atoms with Crippen LogP contribution in [0.1, 0.15) is 0 Å². The van der Waals surface area contributed by atoms with Gasteiger partial charge in [0.1, 0.15) is 0 Å². The molecule has 0 amide bonds. The largest absolute Gasteiger partial charge is 0.264 e. The quantitative estimate of drug-likeness (QED) is 0.160. The normalized spacial score (nSPS) is 11.8. The summed E-state index contributed by atoms with van der Waals surface area (Å²) in [5, 5.41) is 5.01. The first-order chi connectivity index (χ1) is 33.7. The van der Waals surface area contributed by atoms with Crippen molar-refractivity contribution in [2.45, 2.75) is 0 Å². The van der Waals surface area contributed by atoms with Crippen molar-refractivity contribution in [3.05, 3.63) is 225 Å². The monoisotopic (exact) mass is 863 g/mol. The van der Waals surface area contributed by atoms with Crippen LogP contribution in [0.15, 0.2) is 225 Å². The highest BCUT2D eigenvalue weighted by molar-refractivity contribution is 6.20. The number of rotatable bonds is 7. The van der Waals surface area contributed by atoms with Crippen LogP contribution in [-0.4, -0.2) is 24.9 Å². The van der Waals surface area contributed by atoms with Crippen molar-refractivity contribution in [3.63, 3.8) is 0 Å². The predicted octanol–water partition coefficient (Wildman–Crippen LogP) is 15.9. The van der Waals surface area contributed by atoms with Gasteiger partial charge in [-0.15, -0.1) is 0 Å². The van der Waals surface area contributed by atoms with Crippen LogP contribution in [-0.2, 0) is 0 Å². The molecule has 9 aromatic carbocycles. The Labute approximate surface area is 392 Å². The number of benzene rings is 9. The fourth-order valence-corrected chi connectivity index (χ4v) is 10.6. The predicted molar refractivity (Wildman–Crippen MR) is 277 cm³/mol. The number of nitrogens with zero attached hydrogens (tertiary/aromatic N) is 5. The topological polar surface area (TPSA) is 64.5 Å². The van der Waals surface area contributed by atoms with E-state index in [4.69, 9.17) is 15.0 Å². The second-order valence-electron chi connectivity index (χ2n) is 17.6. The van der Waals surface area contributed by atoms with Crippen molar-refractivity contribution in [2.24, 2.45) is 0 Å². The highest BCUT2D eigenvalue weighted by Gasteiger charge is 2.25. The van der Waals surface area contributed by atoms with Crippen LogP contribution in [0.2, 0.25) is 0 Å². The van der Waals surface area contributed by atoms with Gasteiger partial charge in [-0.1, -0.05) is 170 Å². The minimum absolute atomic E-state index is 0.595. The Kier molecular flexibility index (Phi) is 8.52. The van der Waals surface area contributed by atoms with E-state index in [1.165, 1.54) is 66.1 Å². The van der Waals surface area contributed by atoms with E-state index in [0.29, 0.717) is 17.5 Å². The van der Waals surface area contributed by atoms with Crippen LogP contribution in [0.5, 0.6) is 0 Å². The van der Waals surface area contributed by atoms with E-state index in [-0.39, 0.29) is 0 Å². The van der Waals surface area contributed by atoms with Gasteiger partial charge in [-0.05, 0) is 141 Å². The molecule has 3 aromatic heterocycles. The van der Waals surface area contributed by atoms with Crippen LogP contribution >= 0.6 is 0 Å². The van der Waals surface area contributed by atoms with Crippen molar-refractivity contribution >= 4 is 21.5 Å². The maximum Gasteiger partial charge on any atom is 0.164 e. The van der Waals surface area contributed by atoms with Crippen molar-refractivity contribution < 1.29 is 0 Å². The third-order valence-corrected chi connectivity index (χ3v) is 13.8. The van der Waals surface area contributed by atoms with Crippen LogP contribution in [0.25, 0.3) is 145 Å². The van der Waals surface area contributed by atoms with Gasteiger partial charge in [-0.25, -0.2) is 15.0 Å². The van der Waals surface area contributed by atoms with E-state index >= 15 is 0 Å². The van der Waals surface area contributed by atoms with E-state index < -0.39 is 0 Å². The summed E-state index contributed by atoms with van der Waals surface area (Å²) in [4.78, 5) is 24.6. The van der Waals surface area contributed by atoms with Crippen molar-refractivity contribution in [3.8, 4) is 123 Å². The molecule has 2 aliphatic rings. The van der Waals surface area contributed by atoms with Crippen LogP contribution < -0.4 is 0 Å². The lowest BCUT2D eigenvalue weighted by molar-refractivity contribution is 1.07. The number of aromatic nitrogens is 5. The third-order valence-electron chi connectivity index (χ3n) is 13.8. The summed E-state index contributed by atoms with van der Waals surface area (Å²) >= 11 is 0. The van der Waals surface area contributed by atoms with Gasteiger partial charge in [-0.3, -0.25) is 9.97 Å². The summed E-state index contributed by atoms with van der Waals surface area (Å²) in [5.74, 6) is 1.78. The molecule has 5 nitrogen and oxygen atoms in total. The van der Waals surface area contributed by atoms with E-state index in [0.717, 1.165) is 61.2 Å². The zero-order chi connectivity index (χ0) is 44.7. The van der Waals surface area contributed by atoms with Crippen LogP contribution in [0.3, 0.4) is 0 Å². The SMILES string of the molecule is c1cncc(-c2ccc(-c3nc(-c4ccc(-c5cccnc5)cc4)nc(-c4cc(-c5ccc6c7c(cccc57)-c5ccccc5-6)cc(-c5ccc6c7c(cccc57)-c5ccccc5-6)c4)n3)cc2)c1. The molecule has 0 N–H and O–H groups in total. The minimum Gasteiger partial charge on any atom is -0.264 e. The lowest BCUT2D eigenvalue weighted by Gasteiger charge is -2.16. The molecule has 0 atom stereocenters. The number of pyridine rings is 2. The van der Waals surface area contributed by atoms with E-state index in [9.17, 15) is 0 Å². The molecule has 3 heterocycles. The zero-order valence-electron chi connectivity index (χ0n) is 36.6. The molecule has 0 unspecified atom stereocenters. The summed E-state index contributed by atoms with van der Waals surface area (Å²) in [6.07, 6.45) is 7.36. The Morgan fingerprint density at radius 1 is 0.221 bits per heavy atom. The Hall–Kier alpha value is -9.19. The fraction of sp³-hybridized carbons (Fsp3) is 0. The van der Waals surface area contributed by atoms with Gasteiger partial charge in [-0.2, -0.15) is 0 Å². The highest BCUT2D eigenvalue weighted by atomic mass is 15.0. The molecule has 314 valence electrons. The highest BCUT2D eigenvalue weighted by Crippen LogP contribution is 2.52. The van der Waals surface area contributed by atoms with E-state index in [1.54, 1.807) is 12.4 Å². The standard InChI is InChI=1S/C63H37N5/c1-3-13-51-49(11-1)55-17-5-15-53-47(27-29-57(51)59(53)55)44-33-45(48-28-30-58-52-14-4-2-12-50(52)56-18-6-16-54(48)60(56)58)35-46(34-44)63-67-61(40-23-19-38(20-24-40)42-9-7-31-64-36-42)66-62(68-63)41-25-21-39(22-26-41)43-10-8-32-65-37-43/h1-37H. The van der Waals surface area contributed by atoms with Crippen LogP contribution in [0.4, 0.5) is 0 Å². The van der Waals surface area contributed by atoms with Gasteiger partial charge in [0.2, 0.25) is 0 Å². The molecule has 0 spiro atoms. The molecule has 5 heteroatoms. The van der Waals surface area contributed by atoms with Gasteiger partial charge in [0.15, 0.2) is 17.5 Å². The Morgan fingerprint density at radius 2 is 0.574 bits per heavy atom. The van der Waals surface area contributed by atoms with Gasteiger partial charge >= 0.3 is 0 Å². The van der Waals surface area contributed by atoms with Crippen molar-refractivity contribution in [1.29, 1.82) is 0 Å². The van der Waals surface area contributed by atoms with E-state index in [1.807, 2.05) is 24.5 Å². The van der Waals surface area contributed by atoms with Crippen molar-refractivity contribution in [1.82, 2.24) is 24.9 Å². The minimum atomic E-state index is 0.595. The first kappa shape index (κ1) is 38.1. The zero-order valence-corrected chi connectivity index (χ0v) is 36.6. The summed E-state index contributed by atoms with van der Waals surface area (Å²) in [6, 6.07) is 71.9. The summed E-state index contributed by atoms with van der Waals surface area (Å²) in [5.41, 5.74) is 21.6. The Bertz CT molecular complexity index is 3680. The number of fused-ring (bicyclic) bond motifs is 6. The molecule has 0 saturated heterocycles. The first-order valence-corrected chi connectivity index (χ1v) is 23.0. The molecule has 68 heavy (non-hydrogen) atoms. The van der Waals surface area contributed by atoms with Gasteiger partial charge < -0.3 is 0 Å². The van der Waals surface area contributed by atoms with Crippen molar-refractivity contribution in [2.75, 3.05) is 0 Å². The molecule has 0 aliphatic heterocycles. The van der Waals surface area contributed by atoms with Gasteiger partial charge in [0.05, 0.1) is 0 Å². The second-order valence-corrected chi connectivity index (χ2v) is 17.6. The average molecular weight is 864 g/mol. The summed E-state index contributed by atoms with van der Waals surface area (Å²) in [6.45, 7) is 0. The fourth-order valence-electron chi connectivity index (χ4n) is 10.6. The van der Waals surface area contributed by atoms with Gasteiger partial charge in [0, 0.05) is 41.5 Å². The third kappa shape index (κ3) is 6.06. The molecular weight excluding hydrogens is 827 g/mol. The average Bonchev–Trinajstić information content (AvgIpc) is 3.93. The number of hydrogen-bond donors (Lipinski definition) is 0. The summed E-state index contributed by atoms with van der Waals surface area (Å²) in [7, 11) is 0. The summed E-state index contributed by atoms with van der Waals surface area (Å²) < 4.78 is 0. The molecule has 12 aromatic rings. The number of hydrogen-bond acceptors (Lipinski definition) is 5. The Morgan fingerprint density at radius 3 is 0.985 bits per heavy atom. The second kappa shape index (κ2) is 15.2. The molecule has 0 bridgehead atoms. The Balaban J connectivity index is 0.993. The van der Waals surface area contributed by atoms with E-state index in [2.05, 4.69) is 198 Å². The molecular formula is C63H37N5. The molecule has 2 aliphatic carbocycles. The first-order valence-electron chi connectivity index (χ1n) is 23.0. The molecule has 0 fully saturated rings. The van der Waals surface area contributed by atoms with Gasteiger partial charge in [0.25, 0.3) is 0 Å². The van der Waals surface area contributed by atoms with Crippen LogP contribution in [0, 0.1) is 0 Å². The lowest BCUT2D eigenvalue weighted by atomic mass is 9.89. The lowest BCUT2D eigenvalue weighted by Crippen LogP contribution is -2.01. The maximum atomic E-state index is 5.35.